The number of phenolic OH excluding ortho intramolecular Hbond substituents is 1. The van der Waals surface area contributed by atoms with Crippen LogP contribution >= 0.6 is 0 Å². The molecule has 4 saturated carbocycles. The van der Waals surface area contributed by atoms with Gasteiger partial charge in [-0.1, -0.05) is 72.8 Å². The highest BCUT2D eigenvalue weighted by Crippen LogP contribution is 2.76. The molecule has 0 heterocycles. The number of aromatic hydroxyl groups is 1. The van der Waals surface area contributed by atoms with Gasteiger partial charge in [0.25, 0.3) is 0 Å². The number of ether oxygens (including phenoxy) is 1. The number of fused-ring (bicyclic) bond motifs is 5. The van der Waals surface area contributed by atoms with Gasteiger partial charge >= 0.3 is 5.97 Å². The largest absolute Gasteiger partial charge is 0.508 e. The lowest BCUT2D eigenvalue weighted by Crippen LogP contribution is -2.64. The molecule has 244 valence electrons. The minimum Gasteiger partial charge on any atom is -0.508 e. The third-order valence-electron chi connectivity index (χ3n) is 14.5. The van der Waals surface area contributed by atoms with Gasteiger partial charge in [-0.2, -0.15) is 0 Å². The predicted octanol–water partition coefficient (Wildman–Crippen LogP) is 9.75. The summed E-state index contributed by atoms with van der Waals surface area (Å²) >= 11 is 0. The van der Waals surface area contributed by atoms with E-state index in [2.05, 4.69) is 62.0 Å². The number of hydrogen-bond acceptors (Lipinski definition) is 4. The minimum absolute atomic E-state index is 0.0969. The van der Waals surface area contributed by atoms with Gasteiger partial charge < -0.3 is 14.9 Å². The summed E-state index contributed by atoms with van der Waals surface area (Å²) < 4.78 is 6.19. The summed E-state index contributed by atoms with van der Waals surface area (Å²) in [4.78, 5) is 13.0. The van der Waals surface area contributed by atoms with Crippen LogP contribution in [0.3, 0.4) is 0 Å². The lowest BCUT2D eigenvalue weighted by molar-refractivity contribution is -0.229. The minimum atomic E-state index is -0.648. The molecule has 4 aliphatic rings. The molecular formula is C40H60O4. The van der Waals surface area contributed by atoms with Gasteiger partial charge in [0, 0.05) is 11.5 Å². The highest BCUT2D eigenvalue weighted by Gasteiger charge is 2.69. The molecule has 0 bridgehead atoms. The van der Waals surface area contributed by atoms with Crippen molar-refractivity contribution in [2.24, 2.45) is 51.2 Å². The Morgan fingerprint density at radius 1 is 0.977 bits per heavy atom. The molecule has 1 aromatic carbocycles. The van der Waals surface area contributed by atoms with Gasteiger partial charge in [0.05, 0.1) is 5.60 Å². The van der Waals surface area contributed by atoms with Gasteiger partial charge in [-0.25, -0.2) is 4.79 Å². The fraction of sp³-hybridized carbons (Fsp3) is 0.725. The molecule has 2 N–H and O–H groups in total. The van der Waals surface area contributed by atoms with Crippen molar-refractivity contribution < 1.29 is 19.7 Å². The quantitative estimate of drug-likeness (QED) is 0.176. The van der Waals surface area contributed by atoms with E-state index in [0.29, 0.717) is 29.6 Å². The van der Waals surface area contributed by atoms with Crippen LogP contribution in [0.15, 0.2) is 42.5 Å². The number of aliphatic hydroxyl groups is 1. The number of carbonyl (C=O) groups is 1. The van der Waals surface area contributed by atoms with Crippen molar-refractivity contribution >= 4 is 12.0 Å². The van der Waals surface area contributed by atoms with Crippen LogP contribution in [0.25, 0.3) is 6.08 Å². The lowest BCUT2D eigenvalue weighted by Gasteiger charge is -2.70. The van der Waals surface area contributed by atoms with Crippen molar-refractivity contribution in [3.8, 4) is 5.75 Å². The normalized spacial score (nSPS) is 39.3. The molecule has 0 spiro atoms. The van der Waals surface area contributed by atoms with Gasteiger partial charge in [-0.15, -0.1) is 0 Å². The fourth-order valence-corrected chi connectivity index (χ4v) is 11.5. The Bertz CT molecular complexity index is 1260. The second-order valence-corrected chi connectivity index (χ2v) is 17.2. The maximum atomic E-state index is 13.0. The Labute approximate surface area is 267 Å². The van der Waals surface area contributed by atoms with Crippen molar-refractivity contribution in [2.45, 2.75) is 131 Å². The molecule has 0 saturated heterocycles. The van der Waals surface area contributed by atoms with Crippen LogP contribution in [-0.4, -0.2) is 27.9 Å². The molecule has 0 aliphatic heterocycles. The number of carbonyl (C=O) groups excluding carboxylic acids is 1. The summed E-state index contributed by atoms with van der Waals surface area (Å²) in [7, 11) is 0. The second-order valence-electron chi connectivity index (χ2n) is 17.2. The van der Waals surface area contributed by atoms with E-state index in [1.807, 2.05) is 0 Å². The standard InChI is InChI=1S/C40H60O4/c1-26(2)27(3)18-25-40(9,43)31-19-23-38(7)30(31)15-16-33-37(6)22-21-34(36(4,5)32(37)20-24-39(33,38)8)44-35(42)17-12-28-10-13-29(41)14-11-28/h10-14,17,26,30-34,41,43H,3,15-16,18-25H2,1-2,4-9H3/b17-12+/t30-,31+,32+,33-,34+,37-,38-,39-,40+/m1/s1. The van der Waals surface area contributed by atoms with Crippen molar-refractivity contribution in [3.63, 3.8) is 0 Å². The van der Waals surface area contributed by atoms with Crippen molar-refractivity contribution in [1.29, 1.82) is 0 Å². The first-order chi connectivity index (χ1) is 20.5. The molecule has 4 aliphatic carbocycles. The number of esters is 1. The number of benzene rings is 1. The van der Waals surface area contributed by atoms with Crippen LogP contribution in [-0.2, 0) is 9.53 Å². The molecule has 9 atom stereocenters. The second kappa shape index (κ2) is 11.6. The Hall–Kier alpha value is -2.07. The first-order valence-corrected chi connectivity index (χ1v) is 17.5. The summed E-state index contributed by atoms with van der Waals surface area (Å²) in [6.45, 7) is 23.3. The molecule has 0 amide bonds. The summed E-state index contributed by atoms with van der Waals surface area (Å²) in [5.41, 5.74) is 2.07. The number of phenols is 1. The Balaban J connectivity index is 1.31. The Kier molecular flexibility index (Phi) is 8.80. The fourth-order valence-electron chi connectivity index (χ4n) is 11.5. The zero-order valence-electron chi connectivity index (χ0n) is 28.9. The Morgan fingerprint density at radius 2 is 1.64 bits per heavy atom. The zero-order chi connectivity index (χ0) is 32.3. The molecule has 5 rings (SSSR count). The van der Waals surface area contributed by atoms with Gasteiger partial charge in [0.2, 0.25) is 0 Å². The topological polar surface area (TPSA) is 66.8 Å². The first-order valence-electron chi connectivity index (χ1n) is 17.5. The van der Waals surface area contributed by atoms with E-state index in [-0.39, 0.29) is 39.5 Å². The van der Waals surface area contributed by atoms with Gasteiger partial charge in [-0.05, 0) is 141 Å². The average molecular weight is 605 g/mol. The van der Waals surface area contributed by atoms with Crippen LogP contribution in [0.2, 0.25) is 0 Å². The molecule has 0 aromatic heterocycles. The van der Waals surface area contributed by atoms with Gasteiger partial charge in [0.1, 0.15) is 11.9 Å². The third kappa shape index (κ3) is 5.50. The third-order valence-corrected chi connectivity index (χ3v) is 14.5. The molecule has 4 fully saturated rings. The van der Waals surface area contributed by atoms with Crippen molar-refractivity contribution in [3.05, 3.63) is 48.1 Å². The molecule has 1 aromatic rings. The van der Waals surface area contributed by atoms with Gasteiger partial charge in [-0.3, -0.25) is 0 Å². The van der Waals surface area contributed by atoms with E-state index in [4.69, 9.17) is 4.74 Å². The van der Waals surface area contributed by atoms with Crippen LogP contribution in [0.4, 0.5) is 0 Å². The zero-order valence-corrected chi connectivity index (χ0v) is 28.9. The highest BCUT2D eigenvalue weighted by molar-refractivity contribution is 5.87. The van der Waals surface area contributed by atoms with Crippen molar-refractivity contribution in [1.82, 2.24) is 0 Å². The number of rotatable bonds is 8. The van der Waals surface area contributed by atoms with Crippen LogP contribution in [0.5, 0.6) is 5.75 Å². The lowest BCUT2D eigenvalue weighted by atomic mass is 9.35. The van der Waals surface area contributed by atoms with Gasteiger partial charge in [0.15, 0.2) is 0 Å². The molecule has 0 unspecified atom stereocenters. The van der Waals surface area contributed by atoms with Crippen molar-refractivity contribution in [2.75, 3.05) is 0 Å². The van der Waals surface area contributed by atoms with E-state index >= 15 is 0 Å². The molecule has 4 heteroatoms. The van der Waals surface area contributed by atoms with Crippen LogP contribution in [0, 0.1) is 51.2 Å². The number of allylic oxidation sites excluding steroid dienone is 1. The predicted molar refractivity (Wildman–Crippen MR) is 180 cm³/mol. The smallest absolute Gasteiger partial charge is 0.331 e. The monoisotopic (exact) mass is 604 g/mol. The SMILES string of the molecule is C=C(CC[C@](C)(O)[C@H]1CC[C@]2(C)[C@@H]1CC[C@@H]1[C@]3(C)CC[C@H](OC(=O)/C=C/c4ccc(O)cc4)C(C)(C)[C@@H]3CC[C@]12C)C(C)C. The van der Waals surface area contributed by atoms with E-state index < -0.39 is 5.60 Å². The summed E-state index contributed by atoms with van der Waals surface area (Å²) in [6.07, 6.45) is 14.1. The van der Waals surface area contributed by atoms with E-state index in [1.54, 1.807) is 30.3 Å². The maximum absolute atomic E-state index is 13.0. The van der Waals surface area contributed by atoms with E-state index in [0.717, 1.165) is 37.7 Å². The first kappa shape index (κ1) is 33.3. The summed E-state index contributed by atoms with van der Waals surface area (Å²) in [6, 6.07) is 6.84. The van der Waals surface area contributed by atoms with Crippen LogP contribution in [0.1, 0.15) is 125 Å². The molecule has 0 radical (unpaired) electrons. The Morgan fingerprint density at radius 3 is 2.30 bits per heavy atom. The molecule has 44 heavy (non-hydrogen) atoms. The average Bonchev–Trinajstić information content (AvgIpc) is 3.32. The van der Waals surface area contributed by atoms with Crippen LogP contribution < -0.4 is 0 Å². The molecular weight excluding hydrogens is 544 g/mol. The van der Waals surface area contributed by atoms with E-state index in [1.165, 1.54) is 43.8 Å². The number of hydrogen-bond donors (Lipinski definition) is 2. The van der Waals surface area contributed by atoms with E-state index in [9.17, 15) is 15.0 Å². The molecule has 4 nitrogen and oxygen atoms in total. The maximum Gasteiger partial charge on any atom is 0.331 e. The summed E-state index contributed by atoms with van der Waals surface area (Å²) in [5.74, 6) is 2.47. The highest BCUT2D eigenvalue weighted by atomic mass is 16.5. The summed E-state index contributed by atoms with van der Waals surface area (Å²) in [5, 5.41) is 21.4.